The molecule has 0 aliphatic heterocycles. The Balaban J connectivity index is 2.20. The number of ketones is 1. The summed E-state index contributed by atoms with van der Waals surface area (Å²) in [5, 5.41) is 20.2. The highest BCUT2D eigenvalue weighted by atomic mass is 16.6. The largest absolute Gasteiger partial charge is 0.507 e. The fraction of sp³-hybridized carbons (Fsp3) is 0.133. The number of furan rings is 1. The molecule has 2 aromatic rings. The number of carbonyl (C=O) groups is 1. The van der Waals surface area contributed by atoms with Gasteiger partial charge in [0.15, 0.2) is 5.78 Å². The molecule has 0 aliphatic carbocycles. The molecule has 0 atom stereocenters. The van der Waals surface area contributed by atoms with Gasteiger partial charge in [-0.25, -0.2) is 0 Å². The second-order valence-electron chi connectivity index (χ2n) is 4.34. The summed E-state index contributed by atoms with van der Waals surface area (Å²) in [7, 11) is 0. The van der Waals surface area contributed by atoms with E-state index in [1.807, 2.05) is 6.92 Å². The molecule has 0 fully saturated rings. The van der Waals surface area contributed by atoms with Crippen molar-refractivity contribution in [2.75, 3.05) is 0 Å². The van der Waals surface area contributed by atoms with Crippen molar-refractivity contribution in [1.29, 1.82) is 0 Å². The molecule has 6 heteroatoms. The van der Waals surface area contributed by atoms with Crippen molar-refractivity contribution < 1.29 is 19.2 Å². The molecular formula is C15H13NO5. The Bertz CT molecular complexity index is 715. The van der Waals surface area contributed by atoms with Gasteiger partial charge in [-0.1, -0.05) is 13.0 Å². The van der Waals surface area contributed by atoms with Crippen LogP contribution in [0.3, 0.4) is 0 Å². The number of phenols is 1. The molecule has 0 saturated carbocycles. The first-order valence-electron chi connectivity index (χ1n) is 6.29. The van der Waals surface area contributed by atoms with Gasteiger partial charge >= 0.3 is 5.88 Å². The number of phenolic OH excluding ortho intramolecular Hbond substituents is 1. The third kappa shape index (κ3) is 3.36. The number of rotatable bonds is 5. The van der Waals surface area contributed by atoms with Gasteiger partial charge in [-0.15, -0.1) is 0 Å². The van der Waals surface area contributed by atoms with Gasteiger partial charge in [-0.3, -0.25) is 14.9 Å². The van der Waals surface area contributed by atoms with Crippen LogP contribution in [0.5, 0.6) is 5.75 Å². The van der Waals surface area contributed by atoms with Crippen LogP contribution in [-0.4, -0.2) is 15.8 Å². The van der Waals surface area contributed by atoms with Crippen molar-refractivity contribution in [3.63, 3.8) is 0 Å². The van der Waals surface area contributed by atoms with Gasteiger partial charge in [-0.05, 0) is 42.3 Å². The third-order valence-corrected chi connectivity index (χ3v) is 2.93. The molecular weight excluding hydrogens is 274 g/mol. The van der Waals surface area contributed by atoms with Crippen LogP contribution in [-0.2, 0) is 6.42 Å². The summed E-state index contributed by atoms with van der Waals surface area (Å²) >= 11 is 0. The van der Waals surface area contributed by atoms with E-state index in [0.29, 0.717) is 0 Å². The first-order valence-corrected chi connectivity index (χ1v) is 6.29. The van der Waals surface area contributed by atoms with E-state index in [4.69, 9.17) is 4.42 Å². The summed E-state index contributed by atoms with van der Waals surface area (Å²) in [5.41, 5.74) is 1.12. The molecule has 2 rings (SSSR count). The molecule has 1 N–H and O–H groups in total. The molecule has 1 heterocycles. The van der Waals surface area contributed by atoms with E-state index in [1.54, 1.807) is 12.1 Å². The van der Waals surface area contributed by atoms with Gasteiger partial charge < -0.3 is 9.52 Å². The molecule has 0 unspecified atom stereocenters. The number of nitro groups is 1. The van der Waals surface area contributed by atoms with Crippen molar-refractivity contribution in [1.82, 2.24) is 0 Å². The monoisotopic (exact) mass is 287 g/mol. The lowest BCUT2D eigenvalue weighted by molar-refractivity contribution is -0.402. The minimum absolute atomic E-state index is 0.104. The quantitative estimate of drug-likeness (QED) is 0.394. The Morgan fingerprint density at radius 1 is 1.38 bits per heavy atom. The van der Waals surface area contributed by atoms with E-state index in [0.717, 1.165) is 12.0 Å². The van der Waals surface area contributed by atoms with Gasteiger partial charge in [0.2, 0.25) is 0 Å². The van der Waals surface area contributed by atoms with E-state index in [2.05, 4.69) is 0 Å². The summed E-state index contributed by atoms with van der Waals surface area (Å²) in [6, 6.07) is 7.43. The minimum atomic E-state index is -0.657. The normalized spacial score (nSPS) is 10.9. The van der Waals surface area contributed by atoms with Gasteiger partial charge in [0.25, 0.3) is 0 Å². The fourth-order valence-electron chi connectivity index (χ4n) is 1.78. The number of aryl methyl sites for hydroxylation is 1. The SMILES string of the molecule is CCc1ccc(O)c(C(=O)/C=C/c2ccc([N+](=O)[O-])o2)c1. The molecule has 6 nitrogen and oxygen atoms in total. The Hall–Kier alpha value is -2.89. The fourth-order valence-corrected chi connectivity index (χ4v) is 1.78. The van der Waals surface area contributed by atoms with Crippen LogP contribution < -0.4 is 0 Å². The van der Waals surface area contributed by atoms with E-state index in [-0.39, 0.29) is 17.1 Å². The van der Waals surface area contributed by atoms with Gasteiger partial charge in [0.1, 0.15) is 16.4 Å². The number of allylic oxidation sites excluding steroid dienone is 1. The lowest BCUT2D eigenvalue weighted by Crippen LogP contribution is -1.96. The lowest BCUT2D eigenvalue weighted by atomic mass is 10.0. The van der Waals surface area contributed by atoms with E-state index in [1.165, 1.54) is 30.4 Å². The van der Waals surface area contributed by atoms with E-state index >= 15 is 0 Å². The molecule has 0 spiro atoms. The number of nitrogens with zero attached hydrogens (tertiary/aromatic N) is 1. The van der Waals surface area contributed by atoms with Crippen LogP contribution in [0.4, 0.5) is 5.88 Å². The molecule has 0 radical (unpaired) electrons. The van der Waals surface area contributed by atoms with Gasteiger partial charge in [0, 0.05) is 0 Å². The van der Waals surface area contributed by atoms with Crippen LogP contribution in [0, 0.1) is 10.1 Å². The van der Waals surface area contributed by atoms with Gasteiger partial charge in [-0.2, -0.15) is 0 Å². The van der Waals surface area contributed by atoms with Crippen molar-refractivity contribution >= 4 is 17.7 Å². The molecule has 1 aromatic heterocycles. The molecule has 0 saturated heterocycles. The summed E-state index contributed by atoms with van der Waals surface area (Å²) in [6.45, 7) is 1.94. The Morgan fingerprint density at radius 3 is 2.76 bits per heavy atom. The lowest BCUT2D eigenvalue weighted by Gasteiger charge is -2.03. The van der Waals surface area contributed by atoms with Crippen LogP contribution in [0.1, 0.15) is 28.6 Å². The van der Waals surface area contributed by atoms with Crippen LogP contribution in [0.2, 0.25) is 0 Å². The standard InChI is InChI=1S/C15H13NO5/c1-2-10-3-6-13(17)12(9-10)14(18)7-4-11-5-8-15(21-11)16(19)20/h3-9,17H,2H2,1H3/b7-4+. The Morgan fingerprint density at radius 2 is 2.14 bits per heavy atom. The molecule has 0 amide bonds. The number of hydrogen-bond donors (Lipinski definition) is 1. The predicted molar refractivity (Wildman–Crippen MR) is 76.2 cm³/mol. The average Bonchev–Trinajstić information content (AvgIpc) is 2.94. The highest BCUT2D eigenvalue weighted by Crippen LogP contribution is 2.21. The highest BCUT2D eigenvalue weighted by molar-refractivity contribution is 6.08. The van der Waals surface area contributed by atoms with Crippen LogP contribution in [0.25, 0.3) is 6.08 Å². The topological polar surface area (TPSA) is 93.6 Å². The van der Waals surface area contributed by atoms with Crippen molar-refractivity contribution in [3.8, 4) is 5.75 Å². The van der Waals surface area contributed by atoms with Gasteiger partial charge in [0.05, 0.1) is 11.6 Å². The maximum atomic E-state index is 12.0. The smallest absolute Gasteiger partial charge is 0.433 e. The maximum Gasteiger partial charge on any atom is 0.433 e. The van der Waals surface area contributed by atoms with Crippen molar-refractivity contribution in [2.24, 2.45) is 0 Å². The summed E-state index contributed by atoms with van der Waals surface area (Å²) < 4.78 is 4.91. The third-order valence-electron chi connectivity index (χ3n) is 2.93. The van der Waals surface area contributed by atoms with Crippen LogP contribution in [0.15, 0.2) is 40.8 Å². The second kappa shape index (κ2) is 6.04. The number of aromatic hydroxyl groups is 1. The van der Waals surface area contributed by atoms with E-state index < -0.39 is 16.6 Å². The zero-order chi connectivity index (χ0) is 15.4. The molecule has 21 heavy (non-hydrogen) atoms. The Kier molecular flexibility index (Phi) is 4.18. The summed E-state index contributed by atoms with van der Waals surface area (Å²) in [5.74, 6) is -0.701. The summed E-state index contributed by atoms with van der Waals surface area (Å²) in [6.07, 6.45) is 3.28. The number of carbonyl (C=O) groups excluding carboxylic acids is 1. The minimum Gasteiger partial charge on any atom is -0.507 e. The summed E-state index contributed by atoms with van der Waals surface area (Å²) in [4.78, 5) is 21.8. The molecule has 0 bridgehead atoms. The molecule has 108 valence electrons. The first kappa shape index (κ1) is 14.5. The highest BCUT2D eigenvalue weighted by Gasteiger charge is 2.12. The van der Waals surface area contributed by atoms with Crippen molar-refractivity contribution in [2.45, 2.75) is 13.3 Å². The predicted octanol–water partition coefficient (Wildman–Crippen LogP) is 3.35. The zero-order valence-corrected chi connectivity index (χ0v) is 11.3. The van der Waals surface area contributed by atoms with Crippen molar-refractivity contribution in [3.05, 3.63) is 63.4 Å². The molecule has 1 aromatic carbocycles. The number of hydrogen-bond acceptors (Lipinski definition) is 5. The Labute approximate surface area is 120 Å². The average molecular weight is 287 g/mol. The maximum absolute atomic E-state index is 12.0. The second-order valence-corrected chi connectivity index (χ2v) is 4.34. The molecule has 0 aliphatic rings. The zero-order valence-electron chi connectivity index (χ0n) is 11.3. The first-order chi connectivity index (χ1) is 10.0. The number of benzene rings is 1. The van der Waals surface area contributed by atoms with Crippen LogP contribution >= 0.6 is 0 Å². The van der Waals surface area contributed by atoms with E-state index in [9.17, 15) is 20.0 Å².